The molecule has 1 aromatic heterocycles. The van der Waals surface area contributed by atoms with Crippen molar-refractivity contribution in [1.82, 2.24) is 9.88 Å². The molecule has 0 radical (unpaired) electrons. The minimum absolute atomic E-state index is 0. The fraction of sp³-hybridized carbons (Fsp3) is 0.333. The third-order valence-corrected chi connectivity index (χ3v) is 4.07. The van der Waals surface area contributed by atoms with Gasteiger partial charge in [-0.25, -0.2) is 4.98 Å². The lowest BCUT2D eigenvalue weighted by Gasteiger charge is -2.18. The third-order valence-electron chi connectivity index (χ3n) is 3.19. The smallest absolute Gasteiger partial charge is 0.273 e. The number of aromatic nitrogens is 1. The Bertz CT molecular complexity index is 663. The normalized spacial score (nSPS) is 9.91. The summed E-state index contributed by atoms with van der Waals surface area (Å²) < 4.78 is 10.5. The van der Waals surface area contributed by atoms with Crippen LogP contribution in [0.2, 0.25) is 0 Å². The summed E-state index contributed by atoms with van der Waals surface area (Å²) >= 11 is 1.39. The maximum atomic E-state index is 12.4. The maximum absolute atomic E-state index is 12.4. The van der Waals surface area contributed by atoms with E-state index in [9.17, 15) is 4.79 Å². The third kappa shape index (κ3) is 4.57. The lowest BCUT2D eigenvalue weighted by molar-refractivity contribution is 0.0779. The quantitative estimate of drug-likeness (QED) is 0.858. The highest BCUT2D eigenvalue weighted by molar-refractivity contribution is 7.09. The molecule has 2 rings (SSSR count). The number of benzene rings is 1. The maximum Gasteiger partial charge on any atom is 0.273 e. The van der Waals surface area contributed by atoms with Gasteiger partial charge in [0.2, 0.25) is 0 Å². The van der Waals surface area contributed by atoms with Crippen LogP contribution >= 0.6 is 23.7 Å². The topological polar surface area (TPSA) is 77.7 Å². The van der Waals surface area contributed by atoms with E-state index in [-0.39, 0.29) is 18.3 Å². The zero-order valence-electron chi connectivity index (χ0n) is 13.2. The number of ether oxygens (including phenoxy) is 2. The van der Waals surface area contributed by atoms with E-state index in [0.717, 1.165) is 10.6 Å². The molecule has 0 saturated heterocycles. The molecule has 0 aliphatic heterocycles. The van der Waals surface area contributed by atoms with Gasteiger partial charge in [0, 0.05) is 37.1 Å². The van der Waals surface area contributed by atoms with E-state index < -0.39 is 0 Å². The van der Waals surface area contributed by atoms with E-state index in [4.69, 9.17) is 15.2 Å². The van der Waals surface area contributed by atoms with Gasteiger partial charge in [0.1, 0.15) is 22.2 Å². The fourth-order valence-corrected chi connectivity index (χ4v) is 2.66. The highest BCUT2D eigenvalue weighted by atomic mass is 35.5. The van der Waals surface area contributed by atoms with Crippen molar-refractivity contribution in [1.29, 1.82) is 0 Å². The number of carbonyl (C=O) groups excluding carboxylic acids is 1. The minimum atomic E-state index is -0.145. The van der Waals surface area contributed by atoms with Gasteiger partial charge in [-0.2, -0.15) is 0 Å². The van der Waals surface area contributed by atoms with Crippen LogP contribution < -0.4 is 15.2 Å². The Morgan fingerprint density at radius 1 is 1.35 bits per heavy atom. The van der Waals surface area contributed by atoms with E-state index in [1.165, 1.54) is 11.3 Å². The van der Waals surface area contributed by atoms with Crippen molar-refractivity contribution < 1.29 is 14.3 Å². The van der Waals surface area contributed by atoms with Gasteiger partial charge in [-0.3, -0.25) is 4.79 Å². The number of amides is 1. The van der Waals surface area contributed by atoms with Crippen LogP contribution in [0.5, 0.6) is 11.5 Å². The molecule has 2 aromatic rings. The van der Waals surface area contributed by atoms with Crippen LogP contribution in [0.3, 0.4) is 0 Å². The first-order valence-electron chi connectivity index (χ1n) is 6.70. The summed E-state index contributed by atoms with van der Waals surface area (Å²) in [4.78, 5) is 18.2. The van der Waals surface area contributed by atoms with Gasteiger partial charge in [-0.05, 0) is 12.1 Å². The summed E-state index contributed by atoms with van der Waals surface area (Å²) in [6, 6.07) is 5.52. The first kappa shape index (κ1) is 19.2. The van der Waals surface area contributed by atoms with Gasteiger partial charge < -0.3 is 20.1 Å². The van der Waals surface area contributed by atoms with Crippen molar-refractivity contribution in [2.45, 2.75) is 13.1 Å². The van der Waals surface area contributed by atoms with Crippen molar-refractivity contribution in [2.75, 3.05) is 21.3 Å². The highest BCUT2D eigenvalue weighted by Gasteiger charge is 2.17. The fourth-order valence-electron chi connectivity index (χ4n) is 2.01. The van der Waals surface area contributed by atoms with Crippen molar-refractivity contribution in [2.24, 2.45) is 5.73 Å². The first-order chi connectivity index (χ1) is 10.6. The van der Waals surface area contributed by atoms with E-state index in [2.05, 4.69) is 4.98 Å². The van der Waals surface area contributed by atoms with Crippen LogP contribution in [0.1, 0.15) is 21.1 Å². The van der Waals surface area contributed by atoms with Crippen molar-refractivity contribution >= 4 is 29.7 Å². The molecule has 6 nitrogen and oxygen atoms in total. The second-order valence-corrected chi connectivity index (χ2v) is 5.61. The van der Waals surface area contributed by atoms with Crippen molar-refractivity contribution in [3.63, 3.8) is 0 Å². The van der Waals surface area contributed by atoms with E-state index in [1.807, 2.05) is 12.1 Å². The number of nitrogens with zero attached hydrogens (tertiary/aromatic N) is 2. The number of hydrogen-bond acceptors (Lipinski definition) is 6. The summed E-state index contributed by atoms with van der Waals surface area (Å²) in [6.07, 6.45) is 0. The molecule has 0 spiro atoms. The molecule has 0 atom stereocenters. The molecular weight excluding hydrogens is 338 g/mol. The number of halogens is 1. The lowest BCUT2D eigenvalue weighted by Crippen LogP contribution is -2.26. The van der Waals surface area contributed by atoms with Crippen LogP contribution in [-0.2, 0) is 13.1 Å². The average molecular weight is 358 g/mol. The molecule has 8 heteroatoms. The summed E-state index contributed by atoms with van der Waals surface area (Å²) in [6.45, 7) is 0.759. The number of rotatable bonds is 6. The van der Waals surface area contributed by atoms with Crippen LogP contribution in [0.25, 0.3) is 0 Å². The van der Waals surface area contributed by atoms with Crippen LogP contribution in [0, 0.1) is 0 Å². The second kappa shape index (κ2) is 8.71. The van der Waals surface area contributed by atoms with E-state index in [0.29, 0.717) is 30.3 Å². The van der Waals surface area contributed by atoms with Gasteiger partial charge in [-0.15, -0.1) is 23.7 Å². The number of thiazole rings is 1. The molecule has 0 saturated carbocycles. The summed E-state index contributed by atoms with van der Waals surface area (Å²) in [5.74, 6) is 1.25. The number of carbonyl (C=O) groups is 1. The van der Waals surface area contributed by atoms with Crippen LogP contribution in [0.15, 0.2) is 23.6 Å². The molecule has 0 unspecified atom stereocenters. The highest BCUT2D eigenvalue weighted by Crippen LogP contribution is 2.25. The Kier molecular flexibility index (Phi) is 7.28. The predicted molar refractivity (Wildman–Crippen MR) is 92.6 cm³/mol. The molecule has 1 amide bonds. The Balaban J connectivity index is 0.00000264. The number of methoxy groups -OCH3 is 2. The molecule has 0 aliphatic rings. The average Bonchev–Trinajstić information content (AvgIpc) is 3.03. The van der Waals surface area contributed by atoms with Crippen molar-refractivity contribution in [3.05, 3.63) is 39.8 Å². The Morgan fingerprint density at radius 3 is 2.65 bits per heavy atom. The van der Waals surface area contributed by atoms with Gasteiger partial charge in [0.15, 0.2) is 0 Å². The predicted octanol–water partition coefficient (Wildman–Crippen LogP) is 2.31. The zero-order valence-corrected chi connectivity index (χ0v) is 14.9. The molecule has 0 aliphatic carbocycles. The lowest BCUT2D eigenvalue weighted by atomic mass is 10.1. The van der Waals surface area contributed by atoms with E-state index in [1.54, 1.807) is 37.6 Å². The van der Waals surface area contributed by atoms with Gasteiger partial charge in [0.25, 0.3) is 5.91 Å². The van der Waals surface area contributed by atoms with Crippen LogP contribution in [0.4, 0.5) is 0 Å². The van der Waals surface area contributed by atoms with Gasteiger partial charge in [-0.1, -0.05) is 0 Å². The molecule has 1 heterocycles. The van der Waals surface area contributed by atoms with Gasteiger partial charge >= 0.3 is 0 Å². The molecule has 2 N–H and O–H groups in total. The Labute approximate surface area is 145 Å². The monoisotopic (exact) mass is 357 g/mol. The molecule has 1 aromatic carbocycles. The van der Waals surface area contributed by atoms with E-state index >= 15 is 0 Å². The molecular formula is C15H20ClN3O3S. The molecule has 23 heavy (non-hydrogen) atoms. The number of hydrogen-bond donors (Lipinski definition) is 1. The first-order valence-corrected chi connectivity index (χ1v) is 7.57. The Morgan fingerprint density at radius 2 is 2.09 bits per heavy atom. The molecule has 126 valence electrons. The minimum Gasteiger partial charge on any atom is -0.497 e. The molecule has 0 fully saturated rings. The largest absolute Gasteiger partial charge is 0.497 e. The summed E-state index contributed by atoms with van der Waals surface area (Å²) in [5, 5.41) is 2.48. The van der Waals surface area contributed by atoms with Crippen molar-refractivity contribution in [3.8, 4) is 11.5 Å². The number of nitrogens with two attached hydrogens (primary N) is 1. The second-order valence-electron chi connectivity index (χ2n) is 4.67. The van der Waals surface area contributed by atoms with Crippen LogP contribution in [-0.4, -0.2) is 37.1 Å². The zero-order chi connectivity index (χ0) is 16.1. The Hall–Kier alpha value is -1.83. The summed E-state index contributed by atoms with van der Waals surface area (Å²) in [7, 11) is 4.92. The molecule has 0 bridgehead atoms. The van der Waals surface area contributed by atoms with Gasteiger partial charge in [0.05, 0.1) is 14.2 Å². The standard InChI is InChI=1S/C15H19N3O3S.ClH/c1-18(15(19)12-9-22-14(7-16)17-12)8-10-4-5-11(20-2)6-13(10)21-3;/h4-6,9H,7-8,16H2,1-3H3;1H. The SMILES string of the molecule is COc1ccc(CN(C)C(=O)c2csc(CN)n2)c(OC)c1.Cl. The summed E-state index contributed by atoms with van der Waals surface area (Å²) in [5.41, 5.74) is 6.84.